The smallest absolute Gasteiger partial charge is 0.264 e. The molecule has 0 aliphatic heterocycles. The molecule has 0 spiro atoms. The zero-order valence-electron chi connectivity index (χ0n) is 12.3. The Kier molecular flexibility index (Phi) is 4.39. The summed E-state index contributed by atoms with van der Waals surface area (Å²) in [5.41, 5.74) is 2.85. The van der Waals surface area contributed by atoms with E-state index < -0.39 is 0 Å². The molecule has 2 rings (SSSR count). The Balaban J connectivity index is 2.10. The van der Waals surface area contributed by atoms with Crippen LogP contribution in [0.25, 0.3) is 0 Å². The Morgan fingerprint density at radius 3 is 2.40 bits per heavy atom. The number of benzene rings is 1. The van der Waals surface area contributed by atoms with E-state index in [9.17, 15) is 0 Å². The molecule has 0 amide bonds. The van der Waals surface area contributed by atoms with Gasteiger partial charge >= 0.3 is 0 Å². The second-order valence-corrected chi connectivity index (χ2v) is 5.21. The van der Waals surface area contributed by atoms with E-state index in [1.807, 2.05) is 39.8 Å². The van der Waals surface area contributed by atoms with Crippen molar-refractivity contribution in [1.29, 1.82) is 0 Å². The van der Waals surface area contributed by atoms with Crippen molar-refractivity contribution in [1.82, 2.24) is 10.1 Å². The maximum atomic E-state index is 9.17. The van der Waals surface area contributed by atoms with Gasteiger partial charge in [-0.3, -0.25) is 0 Å². The van der Waals surface area contributed by atoms with Gasteiger partial charge in [0.25, 0.3) is 5.89 Å². The fraction of sp³-hybridized carbons (Fsp3) is 0.467. The van der Waals surface area contributed by atoms with E-state index in [1.165, 1.54) is 0 Å². The molecule has 1 aromatic heterocycles. The minimum Gasteiger partial charge on any atom is -0.483 e. The highest BCUT2D eigenvalue weighted by atomic mass is 16.5. The Morgan fingerprint density at radius 2 is 1.90 bits per heavy atom. The summed E-state index contributed by atoms with van der Waals surface area (Å²) in [4.78, 5) is 4.28. The Labute approximate surface area is 118 Å². The normalized spacial score (nSPS) is 11.1. The van der Waals surface area contributed by atoms with E-state index in [-0.39, 0.29) is 19.1 Å². The second kappa shape index (κ2) is 6.05. The predicted molar refractivity (Wildman–Crippen MR) is 74.6 cm³/mol. The van der Waals surface area contributed by atoms with Crippen LogP contribution in [0, 0.1) is 13.8 Å². The molecule has 0 fully saturated rings. The van der Waals surface area contributed by atoms with Crippen LogP contribution in [-0.4, -0.2) is 15.2 Å². The number of hydrogen-bond acceptors (Lipinski definition) is 5. The predicted octanol–water partition coefficient (Wildman–Crippen LogP) is 2.88. The van der Waals surface area contributed by atoms with Gasteiger partial charge in [0.1, 0.15) is 5.75 Å². The van der Waals surface area contributed by atoms with E-state index >= 15 is 0 Å². The third-order valence-electron chi connectivity index (χ3n) is 3.04. The van der Waals surface area contributed by atoms with Crippen LogP contribution in [0.1, 0.15) is 48.2 Å². The van der Waals surface area contributed by atoms with Crippen molar-refractivity contribution < 1.29 is 14.4 Å². The third-order valence-corrected chi connectivity index (χ3v) is 3.04. The lowest BCUT2D eigenvalue weighted by Crippen LogP contribution is -2.01. The van der Waals surface area contributed by atoms with E-state index in [2.05, 4.69) is 10.1 Å². The van der Waals surface area contributed by atoms with Crippen molar-refractivity contribution in [2.45, 2.75) is 46.8 Å². The molecule has 0 saturated heterocycles. The van der Waals surface area contributed by atoms with Crippen LogP contribution in [0.3, 0.4) is 0 Å². The quantitative estimate of drug-likeness (QED) is 0.909. The summed E-state index contributed by atoms with van der Waals surface area (Å²) < 4.78 is 10.9. The highest BCUT2D eigenvalue weighted by Crippen LogP contribution is 2.25. The van der Waals surface area contributed by atoms with Crippen molar-refractivity contribution in [3.05, 3.63) is 40.5 Å². The fourth-order valence-electron chi connectivity index (χ4n) is 2.05. The number of aryl methyl sites for hydroxylation is 2. The topological polar surface area (TPSA) is 68.4 Å². The molecule has 5 heteroatoms. The zero-order valence-corrected chi connectivity index (χ0v) is 12.3. The van der Waals surface area contributed by atoms with Gasteiger partial charge in [0.2, 0.25) is 0 Å². The first-order valence-corrected chi connectivity index (χ1v) is 6.67. The molecule has 1 aromatic carbocycles. The molecule has 0 aliphatic carbocycles. The van der Waals surface area contributed by atoms with Gasteiger partial charge in [0.15, 0.2) is 12.4 Å². The number of rotatable bonds is 5. The standard InChI is InChI=1S/C15H20N2O3/c1-9(2)15-16-13(20-17-15)8-19-14-10(3)5-12(7-18)6-11(14)4/h5-6,9,18H,7-8H2,1-4H3. The van der Waals surface area contributed by atoms with Crippen LogP contribution < -0.4 is 4.74 Å². The molecule has 0 aliphatic rings. The molecule has 0 radical (unpaired) electrons. The Bertz CT molecular complexity index is 568. The molecule has 0 saturated carbocycles. The Morgan fingerprint density at radius 1 is 1.25 bits per heavy atom. The van der Waals surface area contributed by atoms with Crippen molar-refractivity contribution in [3.8, 4) is 5.75 Å². The van der Waals surface area contributed by atoms with Gasteiger partial charge in [-0.25, -0.2) is 0 Å². The van der Waals surface area contributed by atoms with Crippen molar-refractivity contribution in [3.63, 3.8) is 0 Å². The van der Waals surface area contributed by atoms with E-state index in [4.69, 9.17) is 14.4 Å². The first-order chi connectivity index (χ1) is 9.51. The fourth-order valence-corrected chi connectivity index (χ4v) is 2.05. The number of aromatic nitrogens is 2. The minimum atomic E-state index is 0.0311. The average molecular weight is 276 g/mol. The van der Waals surface area contributed by atoms with Gasteiger partial charge in [-0.15, -0.1) is 0 Å². The van der Waals surface area contributed by atoms with Gasteiger partial charge in [0.05, 0.1) is 6.61 Å². The molecule has 1 heterocycles. The number of hydrogen-bond donors (Lipinski definition) is 1. The van der Waals surface area contributed by atoms with Gasteiger partial charge < -0.3 is 14.4 Å². The lowest BCUT2D eigenvalue weighted by atomic mass is 10.1. The second-order valence-electron chi connectivity index (χ2n) is 5.21. The van der Waals surface area contributed by atoms with E-state index in [1.54, 1.807) is 0 Å². The molecule has 5 nitrogen and oxygen atoms in total. The lowest BCUT2D eigenvalue weighted by molar-refractivity contribution is 0.239. The lowest BCUT2D eigenvalue weighted by Gasteiger charge is -2.12. The molecule has 108 valence electrons. The van der Waals surface area contributed by atoms with E-state index in [0.29, 0.717) is 11.7 Å². The largest absolute Gasteiger partial charge is 0.483 e. The van der Waals surface area contributed by atoms with Crippen LogP contribution in [0.2, 0.25) is 0 Å². The third kappa shape index (κ3) is 3.17. The van der Waals surface area contributed by atoms with E-state index in [0.717, 1.165) is 22.4 Å². The van der Waals surface area contributed by atoms with Crippen molar-refractivity contribution >= 4 is 0 Å². The van der Waals surface area contributed by atoms with Gasteiger partial charge in [-0.2, -0.15) is 4.98 Å². The van der Waals surface area contributed by atoms with Gasteiger partial charge in [-0.05, 0) is 30.5 Å². The SMILES string of the molecule is Cc1cc(CO)cc(C)c1OCc1nc(C(C)C)no1. The summed E-state index contributed by atoms with van der Waals surface area (Å²) in [7, 11) is 0. The van der Waals surface area contributed by atoms with Crippen LogP contribution in [0.4, 0.5) is 0 Å². The number of aliphatic hydroxyl groups is 1. The van der Waals surface area contributed by atoms with Gasteiger partial charge in [0, 0.05) is 5.92 Å². The molecule has 2 aromatic rings. The average Bonchev–Trinajstić information content (AvgIpc) is 2.86. The van der Waals surface area contributed by atoms with Crippen LogP contribution >= 0.6 is 0 Å². The molecule has 1 N–H and O–H groups in total. The van der Waals surface area contributed by atoms with Gasteiger partial charge in [-0.1, -0.05) is 31.1 Å². The highest BCUT2D eigenvalue weighted by Gasteiger charge is 2.12. The number of nitrogens with zero attached hydrogens (tertiary/aromatic N) is 2. The van der Waals surface area contributed by atoms with Crippen LogP contribution in [0.5, 0.6) is 5.75 Å². The highest BCUT2D eigenvalue weighted by molar-refractivity contribution is 5.43. The number of ether oxygens (including phenoxy) is 1. The molecule has 20 heavy (non-hydrogen) atoms. The number of aliphatic hydroxyl groups excluding tert-OH is 1. The summed E-state index contributed by atoms with van der Waals surface area (Å²) >= 11 is 0. The first kappa shape index (κ1) is 14.5. The van der Waals surface area contributed by atoms with Crippen molar-refractivity contribution in [2.75, 3.05) is 0 Å². The summed E-state index contributed by atoms with van der Waals surface area (Å²) in [5, 5.41) is 13.1. The van der Waals surface area contributed by atoms with Crippen molar-refractivity contribution in [2.24, 2.45) is 0 Å². The first-order valence-electron chi connectivity index (χ1n) is 6.67. The maximum Gasteiger partial charge on any atom is 0.264 e. The monoisotopic (exact) mass is 276 g/mol. The summed E-state index contributed by atoms with van der Waals surface area (Å²) in [6.45, 7) is 8.21. The maximum absolute atomic E-state index is 9.17. The zero-order chi connectivity index (χ0) is 14.7. The molecule has 0 unspecified atom stereocenters. The van der Waals surface area contributed by atoms with Crippen LogP contribution in [-0.2, 0) is 13.2 Å². The van der Waals surface area contributed by atoms with Crippen LogP contribution in [0.15, 0.2) is 16.7 Å². The summed E-state index contributed by atoms with van der Waals surface area (Å²) in [5.74, 6) is 2.19. The minimum absolute atomic E-state index is 0.0311. The summed E-state index contributed by atoms with van der Waals surface area (Å²) in [6, 6.07) is 3.82. The molecule has 0 bridgehead atoms. The molecular weight excluding hydrogens is 256 g/mol. The Hall–Kier alpha value is -1.88. The molecular formula is C15H20N2O3. The summed E-state index contributed by atoms with van der Waals surface area (Å²) in [6.07, 6.45) is 0. The molecule has 0 atom stereocenters.